The third-order valence-electron chi connectivity index (χ3n) is 4.08. The molecule has 0 aliphatic carbocycles. The van der Waals surface area contributed by atoms with Gasteiger partial charge in [0.2, 0.25) is 0 Å². The molecule has 0 fully saturated rings. The molecule has 0 spiro atoms. The number of para-hydroxylation sites is 1. The van der Waals surface area contributed by atoms with E-state index in [2.05, 4.69) is 36.5 Å². The van der Waals surface area contributed by atoms with Crippen LogP contribution in [0.1, 0.15) is 43.0 Å². The van der Waals surface area contributed by atoms with E-state index in [1.165, 1.54) is 10.5 Å². The summed E-state index contributed by atoms with van der Waals surface area (Å²) in [6.07, 6.45) is 2.09. The van der Waals surface area contributed by atoms with Gasteiger partial charge in [-0.15, -0.1) is 11.8 Å². The zero-order valence-corrected chi connectivity index (χ0v) is 13.1. The molecule has 0 saturated carbocycles. The fourth-order valence-electron chi connectivity index (χ4n) is 2.97. The van der Waals surface area contributed by atoms with Crippen molar-refractivity contribution in [3.05, 3.63) is 59.7 Å². The number of thioether (sulfide) groups is 1. The van der Waals surface area contributed by atoms with Gasteiger partial charge >= 0.3 is 0 Å². The van der Waals surface area contributed by atoms with Gasteiger partial charge in [0.1, 0.15) is 5.75 Å². The minimum atomic E-state index is 0.187. The lowest BCUT2D eigenvalue weighted by Crippen LogP contribution is -2.28. The zero-order chi connectivity index (χ0) is 14.7. The Morgan fingerprint density at radius 2 is 1.95 bits per heavy atom. The molecule has 3 rings (SSSR count). The second-order valence-electron chi connectivity index (χ2n) is 5.41. The van der Waals surface area contributed by atoms with E-state index in [1.807, 2.05) is 30.0 Å². The highest BCUT2D eigenvalue weighted by atomic mass is 32.2. The maximum absolute atomic E-state index is 10.1. The van der Waals surface area contributed by atoms with Crippen LogP contribution in [0.25, 0.3) is 0 Å². The summed E-state index contributed by atoms with van der Waals surface area (Å²) in [5, 5.41) is 13.8. The molecular formula is C18H21NOS. The van der Waals surface area contributed by atoms with E-state index >= 15 is 0 Å². The van der Waals surface area contributed by atoms with Crippen LogP contribution in [0.2, 0.25) is 0 Å². The van der Waals surface area contributed by atoms with Crippen molar-refractivity contribution in [2.45, 2.75) is 36.7 Å². The Hall–Kier alpha value is -1.45. The lowest BCUT2D eigenvalue weighted by molar-refractivity contribution is 0.399. The summed E-state index contributed by atoms with van der Waals surface area (Å²) in [6, 6.07) is 16.8. The monoisotopic (exact) mass is 299 g/mol. The topological polar surface area (TPSA) is 32.3 Å². The maximum atomic E-state index is 10.1. The number of hydrogen-bond acceptors (Lipinski definition) is 3. The van der Waals surface area contributed by atoms with Crippen molar-refractivity contribution < 1.29 is 5.11 Å². The molecule has 1 heterocycles. The molecule has 1 aliphatic rings. The quantitative estimate of drug-likeness (QED) is 0.860. The van der Waals surface area contributed by atoms with Crippen molar-refractivity contribution >= 4 is 11.8 Å². The van der Waals surface area contributed by atoms with Gasteiger partial charge in [0, 0.05) is 22.5 Å². The first kappa shape index (κ1) is 14.5. The Labute approximate surface area is 130 Å². The van der Waals surface area contributed by atoms with Gasteiger partial charge < -0.3 is 10.4 Å². The maximum Gasteiger partial charge on any atom is 0.120 e. The molecule has 0 saturated heterocycles. The predicted molar refractivity (Wildman–Crippen MR) is 88.8 cm³/mol. The van der Waals surface area contributed by atoms with E-state index in [1.54, 1.807) is 6.07 Å². The summed E-state index contributed by atoms with van der Waals surface area (Å²) >= 11 is 1.94. The van der Waals surface area contributed by atoms with Crippen molar-refractivity contribution in [1.29, 1.82) is 0 Å². The minimum Gasteiger partial charge on any atom is -0.508 e. The molecule has 2 N–H and O–H groups in total. The van der Waals surface area contributed by atoms with E-state index in [-0.39, 0.29) is 6.04 Å². The van der Waals surface area contributed by atoms with E-state index in [4.69, 9.17) is 0 Å². The third-order valence-corrected chi connectivity index (χ3v) is 5.20. The van der Waals surface area contributed by atoms with Crippen LogP contribution in [-0.4, -0.2) is 10.9 Å². The van der Waals surface area contributed by atoms with Crippen LogP contribution >= 0.6 is 11.8 Å². The summed E-state index contributed by atoms with van der Waals surface area (Å²) in [5.41, 5.74) is 2.39. The first-order valence-corrected chi connectivity index (χ1v) is 8.54. The van der Waals surface area contributed by atoms with Crippen molar-refractivity contribution in [2.75, 3.05) is 5.75 Å². The first-order chi connectivity index (χ1) is 10.3. The molecule has 2 aromatic rings. The third kappa shape index (κ3) is 3.09. The minimum absolute atomic E-state index is 0.187. The number of phenolic OH excluding ortho intramolecular Hbond substituents is 1. The number of hydrogen-bond donors (Lipinski definition) is 2. The van der Waals surface area contributed by atoms with Crippen molar-refractivity contribution in [3.8, 4) is 5.75 Å². The van der Waals surface area contributed by atoms with Gasteiger partial charge in [0.05, 0.1) is 0 Å². The molecule has 0 aromatic heterocycles. The van der Waals surface area contributed by atoms with Crippen LogP contribution in [-0.2, 0) is 0 Å². The van der Waals surface area contributed by atoms with E-state index < -0.39 is 0 Å². The van der Waals surface area contributed by atoms with E-state index in [0.717, 1.165) is 24.2 Å². The molecule has 1 aliphatic heterocycles. The highest BCUT2D eigenvalue weighted by Crippen LogP contribution is 2.38. The lowest BCUT2D eigenvalue weighted by Gasteiger charge is -2.30. The van der Waals surface area contributed by atoms with Gasteiger partial charge in [-0.25, -0.2) is 0 Å². The molecule has 2 nitrogen and oxygen atoms in total. The van der Waals surface area contributed by atoms with Crippen LogP contribution in [0.5, 0.6) is 5.75 Å². The SMILES string of the molecule is CCC(NC1CCSc2ccccc21)c1ccccc1O. The normalized spacial score (nSPS) is 19.0. The summed E-state index contributed by atoms with van der Waals surface area (Å²) in [7, 11) is 0. The molecule has 0 bridgehead atoms. The molecule has 2 unspecified atom stereocenters. The molecule has 0 radical (unpaired) electrons. The molecule has 110 valence electrons. The fourth-order valence-corrected chi connectivity index (χ4v) is 4.09. The first-order valence-electron chi connectivity index (χ1n) is 7.55. The van der Waals surface area contributed by atoms with Gasteiger partial charge in [-0.2, -0.15) is 0 Å². The summed E-state index contributed by atoms with van der Waals surface area (Å²) < 4.78 is 0. The average molecular weight is 299 g/mol. The number of fused-ring (bicyclic) bond motifs is 1. The Kier molecular flexibility index (Phi) is 4.51. The summed E-state index contributed by atoms with van der Waals surface area (Å²) in [5.74, 6) is 1.53. The molecule has 0 amide bonds. The van der Waals surface area contributed by atoms with Gasteiger partial charge in [0.25, 0.3) is 0 Å². The second-order valence-corrected chi connectivity index (χ2v) is 6.55. The number of rotatable bonds is 4. The Morgan fingerprint density at radius 3 is 2.76 bits per heavy atom. The van der Waals surface area contributed by atoms with Gasteiger partial charge in [-0.05, 0) is 36.3 Å². The summed E-state index contributed by atoms with van der Waals surface area (Å²) in [6.45, 7) is 2.16. The number of nitrogens with one attached hydrogen (secondary N) is 1. The van der Waals surface area contributed by atoms with E-state index in [9.17, 15) is 5.11 Å². The van der Waals surface area contributed by atoms with Gasteiger partial charge in [-0.3, -0.25) is 0 Å². The molecule has 2 atom stereocenters. The van der Waals surface area contributed by atoms with E-state index in [0.29, 0.717) is 11.8 Å². The van der Waals surface area contributed by atoms with Gasteiger partial charge in [-0.1, -0.05) is 43.3 Å². The van der Waals surface area contributed by atoms with Crippen LogP contribution < -0.4 is 5.32 Å². The Bertz CT molecular complexity index is 614. The lowest BCUT2D eigenvalue weighted by atomic mass is 9.98. The Balaban J connectivity index is 1.84. The van der Waals surface area contributed by atoms with Crippen molar-refractivity contribution in [2.24, 2.45) is 0 Å². The van der Waals surface area contributed by atoms with Crippen LogP contribution in [0, 0.1) is 0 Å². The largest absolute Gasteiger partial charge is 0.508 e. The number of phenols is 1. The van der Waals surface area contributed by atoms with Crippen LogP contribution in [0.3, 0.4) is 0 Å². The van der Waals surface area contributed by atoms with Crippen LogP contribution in [0.15, 0.2) is 53.4 Å². The molecule has 21 heavy (non-hydrogen) atoms. The molecule has 3 heteroatoms. The number of aromatic hydroxyl groups is 1. The summed E-state index contributed by atoms with van der Waals surface area (Å²) in [4.78, 5) is 1.38. The smallest absolute Gasteiger partial charge is 0.120 e. The van der Waals surface area contributed by atoms with Crippen molar-refractivity contribution in [1.82, 2.24) is 5.32 Å². The molecular weight excluding hydrogens is 278 g/mol. The predicted octanol–water partition coefficient (Wildman–Crippen LogP) is 4.67. The highest BCUT2D eigenvalue weighted by Gasteiger charge is 2.23. The van der Waals surface area contributed by atoms with Gasteiger partial charge in [0.15, 0.2) is 0 Å². The number of benzene rings is 2. The van der Waals surface area contributed by atoms with Crippen LogP contribution in [0.4, 0.5) is 0 Å². The highest BCUT2D eigenvalue weighted by molar-refractivity contribution is 7.99. The van der Waals surface area contributed by atoms with Crippen molar-refractivity contribution in [3.63, 3.8) is 0 Å². The average Bonchev–Trinajstić information content (AvgIpc) is 2.53. The molecule has 2 aromatic carbocycles. The standard InChI is InChI=1S/C18H21NOS/c1-2-15(13-7-3-5-9-17(13)20)19-16-11-12-21-18-10-6-4-8-14(16)18/h3-10,15-16,19-20H,2,11-12H2,1H3. The second kappa shape index (κ2) is 6.54. The fraction of sp³-hybridized carbons (Fsp3) is 0.333. The Morgan fingerprint density at radius 1 is 1.19 bits per heavy atom. The zero-order valence-electron chi connectivity index (χ0n) is 12.3.